The SMILES string of the molecule is COCc1nnc(-n2nnc(CO)c2C(F)(F)F)s1. The van der Waals surface area contributed by atoms with Gasteiger partial charge in [-0.05, 0) is 0 Å². The summed E-state index contributed by atoms with van der Waals surface area (Å²) in [7, 11) is 1.43. The Kier molecular flexibility index (Phi) is 3.78. The zero-order valence-corrected chi connectivity index (χ0v) is 10.4. The molecule has 0 saturated heterocycles. The van der Waals surface area contributed by atoms with Gasteiger partial charge in [-0.25, -0.2) is 0 Å². The molecule has 104 valence electrons. The van der Waals surface area contributed by atoms with Crippen LogP contribution in [-0.4, -0.2) is 37.4 Å². The first kappa shape index (κ1) is 13.8. The van der Waals surface area contributed by atoms with Crippen LogP contribution < -0.4 is 0 Å². The number of ether oxygens (including phenoxy) is 1. The molecule has 2 heterocycles. The molecule has 2 aromatic heterocycles. The van der Waals surface area contributed by atoms with Crippen LogP contribution in [-0.2, 0) is 24.1 Å². The van der Waals surface area contributed by atoms with Crippen LogP contribution in [0.2, 0.25) is 0 Å². The molecule has 0 amide bonds. The largest absolute Gasteiger partial charge is 0.435 e. The topological polar surface area (TPSA) is 86.0 Å². The van der Waals surface area contributed by atoms with Gasteiger partial charge in [0.15, 0.2) is 5.69 Å². The van der Waals surface area contributed by atoms with Crippen LogP contribution in [0.3, 0.4) is 0 Å². The minimum Gasteiger partial charge on any atom is -0.390 e. The third kappa shape index (κ3) is 2.72. The van der Waals surface area contributed by atoms with E-state index in [0.29, 0.717) is 9.69 Å². The van der Waals surface area contributed by atoms with E-state index in [1.54, 1.807) is 0 Å². The fourth-order valence-corrected chi connectivity index (χ4v) is 2.11. The summed E-state index contributed by atoms with van der Waals surface area (Å²) in [5, 5.41) is 23.1. The van der Waals surface area contributed by atoms with Gasteiger partial charge in [0.2, 0.25) is 5.13 Å². The van der Waals surface area contributed by atoms with E-state index in [4.69, 9.17) is 9.84 Å². The van der Waals surface area contributed by atoms with Crippen molar-refractivity contribution < 1.29 is 23.0 Å². The van der Waals surface area contributed by atoms with E-state index in [-0.39, 0.29) is 11.7 Å². The highest BCUT2D eigenvalue weighted by Crippen LogP contribution is 2.33. The number of aliphatic hydroxyl groups excluding tert-OH is 1. The van der Waals surface area contributed by atoms with Crippen LogP contribution in [0.4, 0.5) is 13.2 Å². The smallest absolute Gasteiger partial charge is 0.390 e. The fourth-order valence-electron chi connectivity index (χ4n) is 1.35. The Hall–Kier alpha value is -1.59. The third-order valence-corrected chi connectivity index (χ3v) is 2.94. The van der Waals surface area contributed by atoms with Gasteiger partial charge in [-0.15, -0.1) is 15.3 Å². The molecule has 0 bridgehead atoms. The Bertz CT molecular complexity index is 567. The minimum atomic E-state index is -4.70. The lowest BCUT2D eigenvalue weighted by atomic mass is 10.3. The van der Waals surface area contributed by atoms with Crippen LogP contribution in [0, 0.1) is 0 Å². The van der Waals surface area contributed by atoms with Gasteiger partial charge < -0.3 is 9.84 Å². The van der Waals surface area contributed by atoms with E-state index < -0.39 is 24.2 Å². The lowest BCUT2D eigenvalue weighted by molar-refractivity contribution is -0.143. The van der Waals surface area contributed by atoms with Gasteiger partial charge in [-0.1, -0.05) is 16.6 Å². The number of aromatic nitrogens is 5. The van der Waals surface area contributed by atoms with Gasteiger partial charge in [-0.2, -0.15) is 17.9 Å². The van der Waals surface area contributed by atoms with Crippen molar-refractivity contribution >= 4 is 11.3 Å². The summed E-state index contributed by atoms with van der Waals surface area (Å²) in [5.41, 5.74) is -1.72. The van der Waals surface area contributed by atoms with E-state index in [1.807, 2.05) is 0 Å². The summed E-state index contributed by atoms with van der Waals surface area (Å²) in [6, 6.07) is 0. The van der Waals surface area contributed by atoms with Crippen molar-refractivity contribution in [3.63, 3.8) is 0 Å². The van der Waals surface area contributed by atoms with Crippen molar-refractivity contribution in [2.45, 2.75) is 19.4 Å². The second-order valence-electron chi connectivity index (χ2n) is 3.36. The molecule has 0 aliphatic rings. The zero-order chi connectivity index (χ0) is 14.0. The number of rotatable bonds is 4. The van der Waals surface area contributed by atoms with Crippen LogP contribution in [0.1, 0.15) is 16.4 Å². The number of hydrogen-bond acceptors (Lipinski definition) is 7. The second-order valence-corrected chi connectivity index (χ2v) is 4.40. The normalized spacial score (nSPS) is 12.1. The van der Waals surface area contributed by atoms with Crippen LogP contribution in [0.15, 0.2) is 0 Å². The van der Waals surface area contributed by atoms with Crippen molar-refractivity contribution in [2.75, 3.05) is 7.11 Å². The van der Waals surface area contributed by atoms with Gasteiger partial charge in [0, 0.05) is 7.11 Å². The Labute approximate surface area is 108 Å². The first-order valence-electron chi connectivity index (χ1n) is 4.91. The molecular formula is C8H8F3N5O2S. The summed E-state index contributed by atoms with van der Waals surface area (Å²) in [6.07, 6.45) is -4.70. The van der Waals surface area contributed by atoms with E-state index in [9.17, 15) is 13.2 Å². The Morgan fingerprint density at radius 1 is 1.32 bits per heavy atom. The number of aliphatic hydroxyl groups is 1. The average molecular weight is 295 g/mol. The first-order valence-corrected chi connectivity index (χ1v) is 5.73. The summed E-state index contributed by atoms with van der Waals surface area (Å²) in [6.45, 7) is -0.723. The number of hydrogen-bond donors (Lipinski definition) is 1. The lowest BCUT2D eigenvalue weighted by Gasteiger charge is -2.07. The molecule has 0 radical (unpaired) electrons. The molecule has 2 aromatic rings. The standard InChI is InChI=1S/C8H8F3N5O2S/c1-18-3-5-13-14-7(19-5)16-6(8(9,10)11)4(2-17)12-15-16/h17H,2-3H2,1H3. The maximum Gasteiger partial charge on any atom is 0.435 e. The molecule has 19 heavy (non-hydrogen) atoms. The van der Waals surface area contributed by atoms with Gasteiger partial charge in [0.05, 0.1) is 6.61 Å². The summed E-state index contributed by atoms with van der Waals surface area (Å²) in [4.78, 5) is 0. The molecular weight excluding hydrogens is 287 g/mol. The second kappa shape index (κ2) is 5.19. The van der Waals surface area contributed by atoms with Crippen LogP contribution >= 0.6 is 11.3 Å². The predicted octanol–water partition coefficient (Wildman–Crippen LogP) is 0.776. The highest BCUT2D eigenvalue weighted by atomic mass is 32.1. The molecule has 0 saturated carbocycles. The minimum absolute atomic E-state index is 0.0911. The van der Waals surface area contributed by atoms with Crippen molar-refractivity contribution in [1.29, 1.82) is 0 Å². The van der Waals surface area contributed by atoms with E-state index in [2.05, 4.69) is 20.5 Å². The molecule has 11 heteroatoms. The molecule has 2 rings (SSSR count). The third-order valence-electron chi connectivity index (χ3n) is 2.06. The molecule has 0 aliphatic carbocycles. The summed E-state index contributed by atoms with van der Waals surface area (Å²) in [5.74, 6) is 0. The van der Waals surface area contributed by atoms with Crippen LogP contribution in [0.25, 0.3) is 5.13 Å². The molecule has 7 nitrogen and oxygen atoms in total. The van der Waals surface area contributed by atoms with Crippen molar-refractivity contribution in [3.8, 4) is 5.13 Å². The monoisotopic (exact) mass is 295 g/mol. The molecule has 0 aliphatic heterocycles. The van der Waals surface area contributed by atoms with E-state index in [1.165, 1.54) is 7.11 Å². The van der Waals surface area contributed by atoms with Crippen molar-refractivity contribution in [1.82, 2.24) is 25.2 Å². The first-order chi connectivity index (χ1) is 8.97. The number of nitrogens with zero attached hydrogens (tertiary/aromatic N) is 5. The molecule has 0 atom stereocenters. The lowest BCUT2D eigenvalue weighted by Crippen LogP contribution is -2.15. The Morgan fingerprint density at radius 3 is 2.63 bits per heavy atom. The zero-order valence-electron chi connectivity index (χ0n) is 9.55. The van der Waals surface area contributed by atoms with Crippen LogP contribution in [0.5, 0.6) is 0 Å². The highest BCUT2D eigenvalue weighted by molar-refractivity contribution is 7.13. The van der Waals surface area contributed by atoms with Crippen molar-refractivity contribution in [2.24, 2.45) is 0 Å². The maximum atomic E-state index is 12.9. The Balaban J connectivity index is 2.46. The summed E-state index contributed by atoms with van der Waals surface area (Å²) >= 11 is 0.896. The molecule has 1 N–H and O–H groups in total. The predicted molar refractivity (Wildman–Crippen MR) is 56.5 cm³/mol. The maximum absolute atomic E-state index is 12.9. The quantitative estimate of drug-likeness (QED) is 0.897. The van der Waals surface area contributed by atoms with Gasteiger partial charge >= 0.3 is 6.18 Å². The highest BCUT2D eigenvalue weighted by Gasteiger charge is 2.40. The van der Waals surface area contributed by atoms with Gasteiger partial charge in [0.1, 0.15) is 17.3 Å². The van der Waals surface area contributed by atoms with Gasteiger partial charge in [0.25, 0.3) is 0 Å². The number of methoxy groups -OCH3 is 1. The number of alkyl halides is 3. The molecule has 0 spiro atoms. The average Bonchev–Trinajstić information content (AvgIpc) is 2.93. The molecule has 0 aromatic carbocycles. The molecule has 0 fully saturated rings. The summed E-state index contributed by atoms with van der Waals surface area (Å²) < 4.78 is 44.0. The van der Waals surface area contributed by atoms with E-state index in [0.717, 1.165) is 11.3 Å². The molecule has 0 unspecified atom stereocenters. The van der Waals surface area contributed by atoms with Crippen molar-refractivity contribution in [3.05, 3.63) is 16.4 Å². The van der Waals surface area contributed by atoms with E-state index >= 15 is 0 Å². The number of halogens is 3. The fraction of sp³-hybridized carbons (Fsp3) is 0.500. The Morgan fingerprint density at radius 2 is 2.05 bits per heavy atom. The van der Waals surface area contributed by atoms with Gasteiger partial charge in [-0.3, -0.25) is 0 Å².